The fraction of sp³-hybridized carbons (Fsp3) is 0.455. The summed E-state index contributed by atoms with van der Waals surface area (Å²) in [5.74, 6) is 0. The minimum absolute atomic E-state index is 0.446. The SMILES string of the molecule is CBc1cn(C(C)C)c2ncnc(C)c12. The van der Waals surface area contributed by atoms with Gasteiger partial charge in [-0.15, -0.1) is 0 Å². The molecule has 2 aromatic heterocycles. The van der Waals surface area contributed by atoms with Crippen LogP contribution in [0.15, 0.2) is 12.5 Å². The van der Waals surface area contributed by atoms with Gasteiger partial charge >= 0.3 is 0 Å². The second-order valence-electron chi connectivity index (χ2n) is 4.17. The van der Waals surface area contributed by atoms with E-state index in [-0.39, 0.29) is 0 Å². The van der Waals surface area contributed by atoms with Crippen molar-refractivity contribution in [2.24, 2.45) is 0 Å². The van der Waals surface area contributed by atoms with Crippen molar-refractivity contribution in [3.8, 4) is 0 Å². The van der Waals surface area contributed by atoms with Crippen LogP contribution < -0.4 is 5.46 Å². The lowest BCUT2D eigenvalue weighted by molar-refractivity contribution is 0.618. The number of hydrogen-bond acceptors (Lipinski definition) is 2. The second kappa shape index (κ2) is 3.68. The van der Waals surface area contributed by atoms with Gasteiger partial charge in [-0.1, -0.05) is 12.3 Å². The van der Waals surface area contributed by atoms with E-state index in [1.807, 2.05) is 6.92 Å². The summed E-state index contributed by atoms with van der Waals surface area (Å²) in [5, 5.41) is 1.23. The van der Waals surface area contributed by atoms with E-state index in [2.05, 4.69) is 41.4 Å². The van der Waals surface area contributed by atoms with Crippen molar-refractivity contribution >= 4 is 23.8 Å². The smallest absolute Gasteiger partial charge is 0.157 e. The fourth-order valence-electron chi connectivity index (χ4n) is 1.99. The molecule has 0 saturated carbocycles. The van der Waals surface area contributed by atoms with Gasteiger partial charge in [0.1, 0.15) is 12.0 Å². The third-order valence-electron chi connectivity index (χ3n) is 2.81. The summed E-state index contributed by atoms with van der Waals surface area (Å²) in [5.41, 5.74) is 3.49. The quantitative estimate of drug-likeness (QED) is 0.688. The maximum absolute atomic E-state index is 4.38. The summed E-state index contributed by atoms with van der Waals surface area (Å²) in [6.07, 6.45) is 3.85. The van der Waals surface area contributed by atoms with Crippen LogP contribution in [0.2, 0.25) is 6.82 Å². The van der Waals surface area contributed by atoms with Gasteiger partial charge in [0, 0.05) is 23.3 Å². The molecule has 78 valence electrons. The zero-order valence-corrected chi connectivity index (χ0v) is 9.78. The van der Waals surface area contributed by atoms with Crippen LogP contribution >= 0.6 is 0 Å². The summed E-state index contributed by atoms with van der Waals surface area (Å²) < 4.78 is 2.23. The molecule has 2 heterocycles. The average molecular weight is 201 g/mol. The van der Waals surface area contributed by atoms with Crippen LogP contribution in [0.4, 0.5) is 0 Å². The normalized spacial score (nSPS) is 11.3. The summed E-state index contributed by atoms with van der Waals surface area (Å²) >= 11 is 0. The summed E-state index contributed by atoms with van der Waals surface area (Å²) in [6, 6.07) is 0.446. The second-order valence-corrected chi connectivity index (χ2v) is 4.17. The lowest BCUT2D eigenvalue weighted by Gasteiger charge is -2.07. The number of fused-ring (bicyclic) bond motifs is 1. The third kappa shape index (κ3) is 1.54. The van der Waals surface area contributed by atoms with Gasteiger partial charge in [0.25, 0.3) is 0 Å². The first kappa shape index (κ1) is 10.2. The Morgan fingerprint density at radius 1 is 1.33 bits per heavy atom. The zero-order chi connectivity index (χ0) is 11.0. The Balaban J connectivity index is 2.81. The molecule has 2 rings (SSSR count). The highest BCUT2D eigenvalue weighted by molar-refractivity contribution is 6.55. The molecule has 0 unspecified atom stereocenters. The van der Waals surface area contributed by atoms with Crippen molar-refractivity contribution in [1.29, 1.82) is 0 Å². The maximum atomic E-state index is 4.38. The van der Waals surface area contributed by atoms with Crippen molar-refractivity contribution < 1.29 is 0 Å². The van der Waals surface area contributed by atoms with E-state index in [1.165, 1.54) is 10.8 Å². The molecule has 3 nitrogen and oxygen atoms in total. The first-order valence-corrected chi connectivity index (χ1v) is 5.46. The molecule has 0 saturated heterocycles. The fourth-order valence-corrected chi connectivity index (χ4v) is 1.99. The first-order chi connectivity index (χ1) is 7.15. The highest BCUT2D eigenvalue weighted by Gasteiger charge is 2.12. The summed E-state index contributed by atoms with van der Waals surface area (Å²) in [4.78, 5) is 8.65. The highest BCUT2D eigenvalue weighted by atomic mass is 15.1. The molecule has 0 bridgehead atoms. The van der Waals surface area contributed by atoms with Gasteiger partial charge in [-0.2, -0.15) is 0 Å². The Bertz CT molecular complexity index is 488. The predicted octanol–water partition coefficient (Wildman–Crippen LogP) is 1.43. The van der Waals surface area contributed by atoms with E-state index < -0.39 is 0 Å². The van der Waals surface area contributed by atoms with Crippen LogP contribution in [0.1, 0.15) is 25.6 Å². The molecular formula is C11H16BN3. The van der Waals surface area contributed by atoms with E-state index in [0.717, 1.165) is 18.6 Å². The van der Waals surface area contributed by atoms with Crippen LogP contribution in [0.3, 0.4) is 0 Å². The number of hydrogen-bond donors (Lipinski definition) is 0. The van der Waals surface area contributed by atoms with Crippen molar-refractivity contribution in [3.63, 3.8) is 0 Å². The van der Waals surface area contributed by atoms with Crippen LogP contribution in [-0.2, 0) is 0 Å². The number of aryl methyl sites for hydroxylation is 1. The third-order valence-corrected chi connectivity index (χ3v) is 2.81. The van der Waals surface area contributed by atoms with E-state index in [4.69, 9.17) is 0 Å². The molecule has 0 N–H and O–H groups in total. The van der Waals surface area contributed by atoms with Gasteiger partial charge in [-0.3, -0.25) is 0 Å². The van der Waals surface area contributed by atoms with Gasteiger partial charge in [0.15, 0.2) is 7.28 Å². The molecule has 0 aliphatic rings. The Morgan fingerprint density at radius 2 is 2.07 bits per heavy atom. The molecule has 0 spiro atoms. The van der Waals surface area contributed by atoms with E-state index >= 15 is 0 Å². The van der Waals surface area contributed by atoms with Crippen molar-refractivity contribution in [2.45, 2.75) is 33.6 Å². The lowest BCUT2D eigenvalue weighted by atomic mass is 9.73. The molecule has 0 fully saturated rings. The molecule has 0 aromatic carbocycles. The molecule has 0 atom stereocenters. The molecule has 2 aromatic rings. The zero-order valence-electron chi connectivity index (χ0n) is 9.78. The van der Waals surface area contributed by atoms with Crippen molar-refractivity contribution in [2.75, 3.05) is 0 Å². The van der Waals surface area contributed by atoms with E-state index in [0.29, 0.717) is 6.04 Å². The largest absolute Gasteiger partial charge is 0.330 e. The van der Waals surface area contributed by atoms with Gasteiger partial charge in [-0.05, 0) is 20.8 Å². The van der Waals surface area contributed by atoms with E-state index in [1.54, 1.807) is 6.33 Å². The highest BCUT2D eigenvalue weighted by Crippen LogP contribution is 2.17. The molecular weight excluding hydrogens is 185 g/mol. The van der Waals surface area contributed by atoms with Crippen LogP contribution in [-0.4, -0.2) is 21.8 Å². The number of nitrogens with zero attached hydrogens (tertiary/aromatic N) is 3. The van der Waals surface area contributed by atoms with Crippen molar-refractivity contribution in [3.05, 3.63) is 18.2 Å². The Morgan fingerprint density at radius 3 is 2.67 bits per heavy atom. The summed E-state index contributed by atoms with van der Waals surface area (Å²) in [6.45, 7) is 8.58. The van der Waals surface area contributed by atoms with Gasteiger partial charge < -0.3 is 4.57 Å². The topological polar surface area (TPSA) is 30.7 Å². The summed E-state index contributed by atoms with van der Waals surface area (Å²) in [7, 11) is 1.03. The Kier molecular flexibility index (Phi) is 2.51. The van der Waals surface area contributed by atoms with Crippen molar-refractivity contribution in [1.82, 2.24) is 14.5 Å². The van der Waals surface area contributed by atoms with Gasteiger partial charge in [-0.25, -0.2) is 9.97 Å². The van der Waals surface area contributed by atoms with Gasteiger partial charge in [0.05, 0.1) is 0 Å². The monoisotopic (exact) mass is 201 g/mol. The first-order valence-electron chi connectivity index (χ1n) is 5.46. The standard InChI is InChI=1S/C11H16BN3/c1-7(2)15-5-9(12-4)10-8(3)13-6-14-11(10)15/h5-7,12H,1-4H3. The van der Waals surface area contributed by atoms with Crippen LogP contribution in [0.5, 0.6) is 0 Å². The molecule has 0 radical (unpaired) electrons. The number of aromatic nitrogens is 3. The predicted molar refractivity (Wildman–Crippen MR) is 65.3 cm³/mol. The molecule has 4 heteroatoms. The Hall–Kier alpha value is -1.32. The lowest BCUT2D eigenvalue weighted by Crippen LogP contribution is -2.10. The van der Waals surface area contributed by atoms with E-state index in [9.17, 15) is 0 Å². The molecule has 0 aliphatic carbocycles. The Labute approximate surface area is 90.8 Å². The molecule has 0 amide bonds. The number of rotatable bonds is 2. The average Bonchev–Trinajstić information content (AvgIpc) is 2.58. The minimum Gasteiger partial charge on any atom is -0.330 e. The van der Waals surface area contributed by atoms with Crippen LogP contribution in [0, 0.1) is 6.92 Å². The maximum Gasteiger partial charge on any atom is 0.157 e. The van der Waals surface area contributed by atoms with Crippen LogP contribution in [0.25, 0.3) is 11.0 Å². The molecule has 0 aliphatic heterocycles. The molecule has 15 heavy (non-hydrogen) atoms. The van der Waals surface area contributed by atoms with Gasteiger partial charge in [0.2, 0.25) is 0 Å². The minimum atomic E-state index is 0.446.